The van der Waals surface area contributed by atoms with Crippen LogP contribution in [0.3, 0.4) is 0 Å². The van der Waals surface area contributed by atoms with Crippen LogP contribution in [0.1, 0.15) is 194 Å². The second kappa shape index (κ2) is 38.4. The van der Waals surface area contributed by atoms with Crippen LogP contribution >= 0.6 is 15.6 Å². The smallest absolute Gasteiger partial charge is 0.462 e. The molecular weight excluding hydrogens is 850 g/mol. The van der Waals surface area contributed by atoms with Gasteiger partial charge in [-0.2, -0.15) is 0 Å². The van der Waals surface area contributed by atoms with Crippen molar-refractivity contribution in [3.05, 3.63) is 36.5 Å². The Labute approximate surface area is 380 Å². The number of carbonyl (C=O) groups excluding carboxylic acids is 2. The van der Waals surface area contributed by atoms with Crippen molar-refractivity contribution < 1.29 is 66.3 Å². The summed E-state index contributed by atoms with van der Waals surface area (Å²) in [6.07, 6.45) is 38.8. The molecule has 0 aliphatic carbocycles. The molecule has 16 heteroatoms. The summed E-state index contributed by atoms with van der Waals surface area (Å²) in [7, 11) is -9.70. The van der Waals surface area contributed by atoms with Gasteiger partial charge in [-0.3, -0.25) is 23.2 Å². The first-order chi connectivity index (χ1) is 30.2. The maximum Gasteiger partial charge on any atom is 0.472 e. The Morgan fingerprint density at radius 2 is 1.08 bits per heavy atom. The van der Waals surface area contributed by atoms with E-state index in [4.69, 9.17) is 33.0 Å². The van der Waals surface area contributed by atoms with Gasteiger partial charge < -0.3 is 34.0 Å². The van der Waals surface area contributed by atoms with Crippen molar-refractivity contribution in [2.45, 2.75) is 219 Å². The van der Waals surface area contributed by atoms with Gasteiger partial charge in [0.05, 0.1) is 32.0 Å². The fourth-order valence-electron chi connectivity index (χ4n) is 6.80. The standard InChI is InChI=1S/C47H86O14P2/c1-4-5-6-7-23-28-33-44-45(61-44)34-29-24-19-17-21-25-30-35-46(49)56-39-43(40-59-63(54,55)58-38-42(48)37-57-62(51,52)53)60-47(50)36-31-26-20-16-14-12-10-8-9-11-13-15-18-22-27-32-41(2)3/h17,21,23-24,28-29,41-45,48H,4-16,18-20,22,25-27,30-40H2,1-3H3,(H,54,55)(H2,51,52,53)/b21-17-,28-23-,29-24-/t42-,43+,44?,45?/m0/s1. The molecule has 63 heavy (non-hydrogen) atoms. The van der Waals surface area contributed by atoms with Crippen molar-refractivity contribution in [1.29, 1.82) is 0 Å². The van der Waals surface area contributed by atoms with E-state index in [2.05, 4.69) is 49.6 Å². The van der Waals surface area contributed by atoms with Gasteiger partial charge in [0.2, 0.25) is 0 Å². The third-order valence-corrected chi connectivity index (χ3v) is 12.0. The van der Waals surface area contributed by atoms with Gasteiger partial charge in [-0.15, -0.1) is 0 Å². The highest BCUT2D eigenvalue weighted by Gasteiger charge is 2.36. The Kier molecular flexibility index (Phi) is 36.2. The molecule has 0 bridgehead atoms. The minimum atomic E-state index is -4.87. The van der Waals surface area contributed by atoms with Gasteiger partial charge in [-0.25, -0.2) is 9.13 Å². The fourth-order valence-corrected chi connectivity index (χ4v) is 7.96. The van der Waals surface area contributed by atoms with Crippen LogP contribution in [-0.4, -0.2) is 82.6 Å². The number of phosphoric acid groups is 2. The maximum absolute atomic E-state index is 12.7. The first-order valence-corrected chi connectivity index (χ1v) is 27.2. The van der Waals surface area contributed by atoms with Crippen molar-refractivity contribution in [1.82, 2.24) is 0 Å². The molecule has 368 valence electrons. The summed E-state index contributed by atoms with van der Waals surface area (Å²) in [5.41, 5.74) is 0. The molecule has 1 heterocycles. The summed E-state index contributed by atoms with van der Waals surface area (Å²) in [6, 6.07) is 0. The first kappa shape index (κ1) is 59.3. The van der Waals surface area contributed by atoms with Gasteiger partial charge in [-0.05, 0) is 57.3 Å². The largest absolute Gasteiger partial charge is 0.472 e. The Morgan fingerprint density at radius 3 is 1.67 bits per heavy atom. The molecule has 0 aromatic carbocycles. The van der Waals surface area contributed by atoms with E-state index in [1.807, 2.05) is 12.2 Å². The molecule has 4 N–H and O–H groups in total. The topological polar surface area (TPSA) is 208 Å². The summed E-state index contributed by atoms with van der Waals surface area (Å²) in [6.45, 7) is 4.02. The van der Waals surface area contributed by atoms with E-state index in [0.29, 0.717) is 31.5 Å². The average Bonchev–Trinajstić information content (AvgIpc) is 3.99. The molecular formula is C47H86O14P2. The molecule has 14 nitrogen and oxygen atoms in total. The van der Waals surface area contributed by atoms with Crippen LogP contribution in [0, 0.1) is 5.92 Å². The number of allylic oxidation sites excluding steroid dienone is 4. The average molecular weight is 937 g/mol. The zero-order chi connectivity index (χ0) is 46.4. The third-order valence-electron chi connectivity index (χ3n) is 10.6. The number of epoxide rings is 1. The number of unbranched alkanes of at least 4 members (excludes halogenated alkanes) is 18. The lowest BCUT2D eigenvalue weighted by Crippen LogP contribution is -2.30. The van der Waals surface area contributed by atoms with Crippen LogP contribution in [-0.2, 0) is 46.5 Å². The van der Waals surface area contributed by atoms with E-state index in [0.717, 1.165) is 50.9 Å². The van der Waals surface area contributed by atoms with E-state index >= 15 is 0 Å². The quantitative estimate of drug-likeness (QED) is 0.0147. The summed E-state index contributed by atoms with van der Waals surface area (Å²) >= 11 is 0. The Morgan fingerprint density at radius 1 is 0.587 bits per heavy atom. The molecule has 0 saturated carbocycles. The Balaban J connectivity index is 2.35. The van der Waals surface area contributed by atoms with Crippen molar-refractivity contribution in [2.75, 3.05) is 26.4 Å². The fraction of sp³-hybridized carbons (Fsp3) is 0.830. The number of hydrogen-bond acceptors (Lipinski definition) is 11. The highest BCUT2D eigenvalue weighted by molar-refractivity contribution is 7.47. The lowest BCUT2D eigenvalue weighted by Gasteiger charge is -2.20. The van der Waals surface area contributed by atoms with Crippen LogP contribution in [0.15, 0.2) is 36.5 Å². The molecule has 3 unspecified atom stereocenters. The van der Waals surface area contributed by atoms with Crippen LogP contribution in [0.2, 0.25) is 0 Å². The van der Waals surface area contributed by atoms with Crippen LogP contribution < -0.4 is 0 Å². The van der Waals surface area contributed by atoms with Crippen LogP contribution in [0.4, 0.5) is 0 Å². The van der Waals surface area contributed by atoms with E-state index in [1.54, 1.807) is 0 Å². The number of ether oxygens (including phenoxy) is 3. The second-order valence-electron chi connectivity index (χ2n) is 17.3. The van der Waals surface area contributed by atoms with Crippen LogP contribution in [0.5, 0.6) is 0 Å². The Hall–Kier alpha value is -1.70. The van der Waals surface area contributed by atoms with Gasteiger partial charge in [0.15, 0.2) is 6.10 Å². The monoisotopic (exact) mass is 937 g/mol. The molecule has 0 amide bonds. The summed E-state index contributed by atoms with van der Waals surface area (Å²) in [5.74, 6) is -0.284. The molecule has 0 spiro atoms. The molecule has 1 aliphatic heterocycles. The van der Waals surface area contributed by atoms with Gasteiger partial charge in [0.25, 0.3) is 0 Å². The normalized spacial score (nSPS) is 17.5. The zero-order valence-electron chi connectivity index (χ0n) is 39.0. The van der Waals surface area contributed by atoms with Gasteiger partial charge in [0, 0.05) is 12.8 Å². The molecule has 0 aromatic rings. The number of aliphatic hydroxyl groups is 1. The van der Waals surface area contributed by atoms with Crippen molar-refractivity contribution >= 4 is 27.6 Å². The molecule has 1 saturated heterocycles. The molecule has 0 radical (unpaired) electrons. The SMILES string of the molecule is CCCCC/C=C\CC1OC1C/C=C\C/C=C\CCCC(=O)OC[C@H](COP(=O)(O)OC[C@@H](O)COP(=O)(O)O)OC(=O)CCCCCCCCCCCCCCCCCC(C)C. The number of esters is 2. The van der Waals surface area contributed by atoms with E-state index in [9.17, 15) is 28.7 Å². The second-order valence-corrected chi connectivity index (χ2v) is 19.9. The minimum Gasteiger partial charge on any atom is -0.462 e. The highest BCUT2D eigenvalue weighted by Crippen LogP contribution is 2.44. The first-order valence-electron chi connectivity index (χ1n) is 24.2. The number of phosphoric ester groups is 2. The number of aliphatic hydroxyl groups excluding tert-OH is 1. The lowest BCUT2D eigenvalue weighted by molar-refractivity contribution is -0.161. The van der Waals surface area contributed by atoms with Gasteiger partial charge in [0.1, 0.15) is 12.7 Å². The minimum absolute atomic E-state index is 0.115. The molecule has 5 atom stereocenters. The summed E-state index contributed by atoms with van der Waals surface area (Å²) in [5, 5.41) is 9.77. The van der Waals surface area contributed by atoms with E-state index < -0.39 is 66.2 Å². The lowest BCUT2D eigenvalue weighted by atomic mass is 10.0. The van der Waals surface area contributed by atoms with Crippen LogP contribution in [0.25, 0.3) is 0 Å². The Bertz CT molecular complexity index is 1330. The zero-order valence-corrected chi connectivity index (χ0v) is 40.8. The maximum atomic E-state index is 12.7. The highest BCUT2D eigenvalue weighted by atomic mass is 31.2. The van der Waals surface area contributed by atoms with E-state index in [-0.39, 0.29) is 12.8 Å². The van der Waals surface area contributed by atoms with Crippen molar-refractivity contribution in [3.63, 3.8) is 0 Å². The molecule has 1 fully saturated rings. The van der Waals surface area contributed by atoms with Gasteiger partial charge in [-0.1, -0.05) is 166 Å². The predicted molar refractivity (Wildman–Crippen MR) is 248 cm³/mol. The molecule has 0 aromatic heterocycles. The third kappa shape index (κ3) is 40.3. The molecule has 1 rings (SSSR count). The number of hydrogen-bond donors (Lipinski definition) is 4. The van der Waals surface area contributed by atoms with Crippen molar-refractivity contribution in [2.24, 2.45) is 5.92 Å². The van der Waals surface area contributed by atoms with E-state index in [1.165, 1.54) is 96.3 Å². The predicted octanol–water partition coefficient (Wildman–Crippen LogP) is 11.7. The number of carbonyl (C=O) groups is 2. The number of rotatable bonds is 44. The summed E-state index contributed by atoms with van der Waals surface area (Å²) < 4.78 is 53.6. The summed E-state index contributed by atoms with van der Waals surface area (Å²) in [4.78, 5) is 52.9. The molecule has 1 aliphatic rings. The van der Waals surface area contributed by atoms with Gasteiger partial charge >= 0.3 is 27.6 Å². The van der Waals surface area contributed by atoms with Crippen molar-refractivity contribution in [3.8, 4) is 0 Å².